The lowest BCUT2D eigenvalue weighted by Gasteiger charge is -2.11. The molecule has 1 aliphatic rings. The molecule has 0 fully saturated rings. The molecule has 0 saturated heterocycles. The van der Waals surface area contributed by atoms with Crippen LogP contribution in [0.25, 0.3) is 33.6 Å². The van der Waals surface area contributed by atoms with Gasteiger partial charge in [-0.1, -0.05) is 36.4 Å². The second-order valence-electron chi connectivity index (χ2n) is 8.20. The van der Waals surface area contributed by atoms with Crippen molar-refractivity contribution in [1.82, 2.24) is 4.98 Å². The van der Waals surface area contributed by atoms with Gasteiger partial charge in [0.25, 0.3) is 0 Å². The zero-order valence-corrected chi connectivity index (χ0v) is 19.8. The standard InChI is InChI=1S/C29H27NO5/c1-3-33-26(31)16-14-23-27(21-11-15-24-25(17-21)35-18-34-24)29(20-9-12-22(32-2)13-10-20)30-28(23)19-7-5-4-6-8-19/h4-13,15,17,30H,3,14,16,18H2,1-2H3. The fraction of sp³-hybridized carbons (Fsp3) is 0.207. The molecule has 0 radical (unpaired) electrons. The zero-order valence-electron chi connectivity index (χ0n) is 19.8. The van der Waals surface area contributed by atoms with E-state index in [4.69, 9.17) is 18.9 Å². The Morgan fingerprint density at radius 3 is 2.34 bits per heavy atom. The minimum Gasteiger partial charge on any atom is -0.497 e. The number of fused-ring (bicyclic) bond motifs is 1. The summed E-state index contributed by atoms with van der Waals surface area (Å²) in [5, 5.41) is 0. The number of aromatic amines is 1. The molecule has 0 atom stereocenters. The third-order valence-electron chi connectivity index (χ3n) is 6.09. The third-order valence-corrected chi connectivity index (χ3v) is 6.09. The molecule has 1 N–H and O–H groups in total. The van der Waals surface area contributed by atoms with Gasteiger partial charge in [-0.3, -0.25) is 4.79 Å². The minimum atomic E-state index is -0.213. The lowest BCUT2D eigenvalue weighted by atomic mass is 9.93. The first-order valence-electron chi connectivity index (χ1n) is 11.7. The van der Waals surface area contributed by atoms with Crippen molar-refractivity contribution in [3.05, 3.63) is 78.4 Å². The molecule has 6 heteroatoms. The monoisotopic (exact) mass is 469 g/mol. The molecule has 0 saturated carbocycles. The Labute approximate surface area is 204 Å². The maximum Gasteiger partial charge on any atom is 0.306 e. The molecule has 178 valence electrons. The second kappa shape index (κ2) is 9.97. The van der Waals surface area contributed by atoms with Crippen LogP contribution in [0.1, 0.15) is 18.9 Å². The average Bonchev–Trinajstić information content (AvgIpc) is 3.52. The number of benzene rings is 3. The van der Waals surface area contributed by atoms with Crippen LogP contribution >= 0.6 is 0 Å². The highest BCUT2D eigenvalue weighted by molar-refractivity contribution is 5.91. The Bertz CT molecular complexity index is 1330. The fourth-order valence-electron chi connectivity index (χ4n) is 4.45. The van der Waals surface area contributed by atoms with Gasteiger partial charge in [0, 0.05) is 17.7 Å². The highest BCUT2D eigenvalue weighted by Gasteiger charge is 2.24. The van der Waals surface area contributed by atoms with E-state index in [-0.39, 0.29) is 19.2 Å². The van der Waals surface area contributed by atoms with Gasteiger partial charge >= 0.3 is 5.97 Å². The number of carbonyl (C=O) groups is 1. The number of rotatable bonds is 8. The molecule has 1 aliphatic heterocycles. The maximum atomic E-state index is 12.3. The smallest absolute Gasteiger partial charge is 0.306 e. The van der Waals surface area contributed by atoms with Gasteiger partial charge in [-0.05, 0) is 72.0 Å². The topological polar surface area (TPSA) is 69.8 Å². The molecular formula is C29H27NO5. The second-order valence-corrected chi connectivity index (χ2v) is 8.20. The summed E-state index contributed by atoms with van der Waals surface area (Å²) in [6, 6.07) is 24.1. The van der Waals surface area contributed by atoms with Crippen molar-refractivity contribution in [2.45, 2.75) is 19.8 Å². The van der Waals surface area contributed by atoms with Crippen LogP contribution in [0.5, 0.6) is 17.2 Å². The predicted octanol–water partition coefficient (Wildman–Crippen LogP) is 6.25. The van der Waals surface area contributed by atoms with Gasteiger partial charge in [0.05, 0.1) is 19.4 Å². The maximum absolute atomic E-state index is 12.3. The van der Waals surface area contributed by atoms with E-state index in [1.165, 1.54) is 0 Å². The summed E-state index contributed by atoms with van der Waals surface area (Å²) in [5.41, 5.74) is 7.06. The fourth-order valence-corrected chi connectivity index (χ4v) is 4.45. The summed E-state index contributed by atoms with van der Waals surface area (Å²) in [4.78, 5) is 16.0. The Morgan fingerprint density at radius 1 is 0.886 bits per heavy atom. The van der Waals surface area contributed by atoms with Crippen molar-refractivity contribution in [2.24, 2.45) is 0 Å². The molecule has 6 nitrogen and oxygen atoms in total. The molecular weight excluding hydrogens is 442 g/mol. The zero-order chi connectivity index (χ0) is 24.2. The number of carbonyl (C=O) groups excluding carboxylic acids is 1. The van der Waals surface area contributed by atoms with Gasteiger partial charge in [-0.25, -0.2) is 0 Å². The van der Waals surface area contributed by atoms with Crippen LogP contribution in [0.4, 0.5) is 0 Å². The van der Waals surface area contributed by atoms with E-state index >= 15 is 0 Å². The van der Waals surface area contributed by atoms with Crippen LogP contribution in [-0.4, -0.2) is 31.5 Å². The van der Waals surface area contributed by atoms with Gasteiger partial charge in [-0.15, -0.1) is 0 Å². The number of hydrogen-bond acceptors (Lipinski definition) is 5. The van der Waals surface area contributed by atoms with E-state index in [0.717, 1.165) is 50.7 Å². The Kier molecular flexibility index (Phi) is 6.44. The van der Waals surface area contributed by atoms with Gasteiger partial charge < -0.3 is 23.9 Å². The highest BCUT2D eigenvalue weighted by Crippen LogP contribution is 2.44. The Hall–Kier alpha value is -4.19. The minimum absolute atomic E-state index is 0.211. The number of esters is 1. The van der Waals surface area contributed by atoms with E-state index in [1.54, 1.807) is 7.11 Å². The summed E-state index contributed by atoms with van der Waals surface area (Å²) in [5.74, 6) is 2.01. The van der Waals surface area contributed by atoms with Crippen LogP contribution < -0.4 is 14.2 Å². The summed E-state index contributed by atoms with van der Waals surface area (Å²) in [6.07, 6.45) is 0.810. The molecule has 0 bridgehead atoms. The van der Waals surface area contributed by atoms with Crippen molar-refractivity contribution in [2.75, 3.05) is 20.5 Å². The van der Waals surface area contributed by atoms with Crippen LogP contribution in [0.3, 0.4) is 0 Å². The van der Waals surface area contributed by atoms with Crippen molar-refractivity contribution in [1.29, 1.82) is 0 Å². The van der Waals surface area contributed by atoms with E-state index in [1.807, 2.05) is 67.6 Å². The van der Waals surface area contributed by atoms with Crippen molar-refractivity contribution < 1.29 is 23.7 Å². The number of hydrogen-bond donors (Lipinski definition) is 1. The van der Waals surface area contributed by atoms with Gasteiger partial charge in [0.15, 0.2) is 11.5 Å². The molecule has 0 unspecified atom stereocenters. The molecule has 0 aliphatic carbocycles. The van der Waals surface area contributed by atoms with Crippen molar-refractivity contribution >= 4 is 5.97 Å². The van der Waals surface area contributed by atoms with Crippen LogP contribution in [0, 0.1) is 0 Å². The number of ether oxygens (including phenoxy) is 4. The van der Waals surface area contributed by atoms with Gasteiger partial charge in [0.2, 0.25) is 6.79 Å². The first kappa shape index (κ1) is 22.6. The van der Waals surface area contributed by atoms with Crippen LogP contribution in [0.15, 0.2) is 72.8 Å². The summed E-state index contributed by atoms with van der Waals surface area (Å²) in [6.45, 7) is 2.40. The molecule has 5 rings (SSSR count). The SMILES string of the molecule is CCOC(=O)CCc1c(-c2ccccc2)[nH]c(-c2ccc(OC)cc2)c1-c1ccc2c(c1)OCO2. The molecule has 0 amide bonds. The van der Waals surface area contributed by atoms with E-state index in [0.29, 0.717) is 18.8 Å². The van der Waals surface area contributed by atoms with E-state index in [9.17, 15) is 4.79 Å². The van der Waals surface area contributed by atoms with Gasteiger partial charge in [-0.2, -0.15) is 0 Å². The van der Waals surface area contributed by atoms with E-state index < -0.39 is 0 Å². The van der Waals surface area contributed by atoms with Gasteiger partial charge in [0.1, 0.15) is 5.75 Å². The quantitative estimate of drug-likeness (QED) is 0.309. The highest BCUT2D eigenvalue weighted by atomic mass is 16.7. The van der Waals surface area contributed by atoms with Crippen LogP contribution in [-0.2, 0) is 16.0 Å². The Morgan fingerprint density at radius 2 is 1.60 bits per heavy atom. The molecule has 1 aromatic heterocycles. The first-order valence-corrected chi connectivity index (χ1v) is 11.7. The Balaban J connectivity index is 1.71. The number of methoxy groups -OCH3 is 1. The summed E-state index contributed by atoms with van der Waals surface area (Å²) >= 11 is 0. The predicted molar refractivity (Wildman–Crippen MR) is 135 cm³/mol. The summed E-state index contributed by atoms with van der Waals surface area (Å²) in [7, 11) is 1.66. The van der Waals surface area contributed by atoms with Crippen molar-refractivity contribution in [3.8, 4) is 50.9 Å². The number of aromatic nitrogens is 1. The summed E-state index contributed by atoms with van der Waals surface area (Å²) < 4.78 is 21.8. The lowest BCUT2D eigenvalue weighted by Crippen LogP contribution is -2.05. The molecule has 2 heterocycles. The largest absolute Gasteiger partial charge is 0.497 e. The molecule has 0 spiro atoms. The molecule has 35 heavy (non-hydrogen) atoms. The average molecular weight is 470 g/mol. The van der Waals surface area contributed by atoms with Crippen molar-refractivity contribution in [3.63, 3.8) is 0 Å². The number of nitrogens with one attached hydrogen (secondary N) is 1. The lowest BCUT2D eigenvalue weighted by molar-refractivity contribution is -0.143. The van der Waals surface area contributed by atoms with E-state index in [2.05, 4.69) is 17.1 Å². The van der Waals surface area contributed by atoms with Crippen LogP contribution in [0.2, 0.25) is 0 Å². The third kappa shape index (κ3) is 4.60. The molecule has 4 aromatic rings. The first-order chi connectivity index (χ1) is 17.2. The normalized spacial score (nSPS) is 11.9. The number of H-pyrrole nitrogens is 1. The molecule has 3 aromatic carbocycles.